The Morgan fingerprint density at radius 3 is 2.39 bits per heavy atom. The summed E-state index contributed by atoms with van der Waals surface area (Å²) in [5, 5.41) is 0. The fraction of sp³-hybridized carbons (Fsp3) is 0.471. The molecule has 1 unspecified atom stereocenters. The van der Waals surface area contributed by atoms with E-state index in [1.54, 1.807) is 52.0 Å². The van der Waals surface area contributed by atoms with E-state index in [0.717, 1.165) is 0 Å². The lowest BCUT2D eigenvalue weighted by Crippen LogP contribution is -2.35. The van der Waals surface area contributed by atoms with Gasteiger partial charge in [-0.15, -0.1) is 0 Å². The number of para-hydroxylation sites is 1. The first kappa shape index (κ1) is 18.7. The molecule has 1 aromatic carbocycles. The van der Waals surface area contributed by atoms with Crippen molar-refractivity contribution in [3.05, 3.63) is 29.8 Å². The molecule has 1 aromatic rings. The number of ether oxygens (including phenoxy) is 2. The van der Waals surface area contributed by atoms with Crippen LogP contribution in [-0.2, 0) is 19.1 Å². The van der Waals surface area contributed by atoms with Crippen LogP contribution in [0.3, 0.4) is 0 Å². The molecule has 0 radical (unpaired) electrons. The number of aldehydes is 1. The highest BCUT2D eigenvalue weighted by molar-refractivity contribution is 5.98. The predicted octanol–water partition coefficient (Wildman–Crippen LogP) is 2.90. The Morgan fingerprint density at radius 2 is 1.87 bits per heavy atom. The number of amides is 1. The average molecular weight is 321 g/mol. The molecule has 0 saturated heterocycles. The van der Waals surface area contributed by atoms with Crippen LogP contribution in [0.4, 0.5) is 10.5 Å². The van der Waals surface area contributed by atoms with Crippen molar-refractivity contribution in [2.24, 2.45) is 0 Å². The number of anilines is 1. The highest BCUT2D eigenvalue weighted by atomic mass is 16.6. The van der Waals surface area contributed by atoms with E-state index in [0.29, 0.717) is 17.5 Å². The zero-order valence-corrected chi connectivity index (χ0v) is 14.2. The minimum Gasteiger partial charge on any atom is -0.465 e. The van der Waals surface area contributed by atoms with E-state index >= 15 is 0 Å². The third-order valence-electron chi connectivity index (χ3n) is 2.98. The molecular weight excluding hydrogens is 298 g/mol. The van der Waals surface area contributed by atoms with Crippen LogP contribution in [0.1, 0.15) is 39.2 Å². The number of carbonyl (C=O) groups is 3. The van der Waals surface area contributed by atoms with Crippen molar-refractivity contribution >= 4 is 24.0 Å². The second kappa shape index (κ2) is 7.76. The Balaban J connectivity index is 3.16. The van der Waals surface area contributed by atoms with Crippen LogP contribution in [-0.4, -0.2) is 37.6 Å². The molecule has 0 fully saturated rings. The van der Waals surface area contributed by atoms with Crippen molar-refractivity contribution in [2.45, 2.75) is 39.2 Å². The number of nitrogens with zero attached hydrogens (tertiary/aromatic N) is 1. The van der Waals surface area contributed by atoms with E-state index in [1.165, 1.54) is 11.9 Å². The summed E-state index contributed by atoms with van der Waals surface area (Å²) in [7, 11) is 1.53. The second-order valence-corrected chi connectivity index (χ2v) is 5.96. The minimum absolute atomic E-state index is 0.174. The molecule has 0 bridgehead atoms. The van der Waals surface area contributed by atoms with Crippen LogP contribution in [0.2, 0.25) is 0 Å². The van der Waals surface area contributed by atoms with E-state index in [9.17, 15) is 14.4 Å². The lowest BCUT2D eigenvalue weighted by Gasteiger charge is -2.26. The molecular formula is C17H23NO5. The summed E-state index contributed by atoms with van der Waals surface area (Å²) in [6.45, 7) is 7.12. The zero-order valence-electron chi connectivity index (χ0n) is 14.2. The van der Waals surface area contributed by atoms with Crippen LogP contribution in [0.15, 0.2) is 24.3 Å². The maximum atomic E-state index is 12.2. The molecule has 0 saturated carbocycles. The number of hydrogen-bond acceptors (Lipinski definition) is 5. The lowest BCUT2D eigenvalue weighted by molar-refractivity contribution is -0.146. The van der Waals surface area contributed by atoms with Gasteiger partial charge in [0.15, 0.2) is 0 Å². The number of benzene rings is 1. The molecule has 126 valence electrons. The highest BCUT2D eigenvalue weighted by Gasteiger charge is 2.28. The van der Waals surface area contributed by atoms with Gasteiger partial charge in [-0.3, -0.25) is 9.69 Å². The first-order chi connectivity index (χ1) is 10.7. The van der Waals surface area contributed by atoms with Gasteiger partial charge in [0.1, 0.15) is 17.8 Å². The first-order valence-electron chi connectivity index (χ1n) is 7.38. The quantitative estimate of drug-likeness (QED) is 0.473. The Hall–Kier alpha value is -2.37. The first-order valence-corrected chi connectivity index (χ1v) is 7.38. The zero-order chi connectivity index (χ0) is 17.6. The molecule has 0 aliphatic carbocycles. The average Bonchev–Trinajstić information content (AvgIpc) is 2.46. The molecule has 0 heterocycles. The largest absolute Gasteiger partial charge is 0.465 e. The van der Waals surface area contributed by atoms with Crippen LogP contribution in [0.5, 0.6) is 0 Å². The van der Waals surface area contributed by atoms with Gasteiger partial charge in [-0.2, -0.15) is 0 Å². The molecule has 0 spiro atoms. The fourth-order valence-corrected chi connectivity index (χ4v) is 1.97. The maximum absolute atomic E-state index is 12.2. The number of esters is 1. The number of hydrogen-bond donors (Lipinski definition) is 0. The SMILES string of the molecule is CCOC(=O)C(C=O)c1ccccc1N(C)C(=O)OC(C)(C)C. The van der Waals surface area contributed by atoms with Gasteiger partial charge in [0, 0.05) is 7.05 Å². The molecule has 0 aliphatic rings. The molecule has 6 heteroatoms. The van der Waals surface area contributed by atoms with E-state index in [1.807, 2.05) is 0 Å². The Morgan fingerprint density at radius 1 is 1.26 bits per heavy atom. The summed E-state index contributed by atoms with van der Waals surface area (Å²) in [5.74, 6) is -1.73. The molecule has 0 aromatic heterocycles. The highest BCUT2D eigenvalue weighted by Crippen LogP contribution is 2.28. The summed E-state index contributed by atoms with van der Waals surface area (Å²) >= 11 is 0. The molecule has 1 rings (SSSR count). The van der Waals surface area contributed by atoms with Crippen molar-refractivity contribution in [1.29, 1.82) is 0 Å². The van der Waals surface area contributed by atoms with Crippen LogP contribution >= 0.6 is 0 Å². The number of carbonyl (C=O) groups excluding carboxylic acids is 3. The maximum Gasteiger partial charge on any atom is 0.414 e. The molecule has 0 N–H and O–H groups in total. The van der Waals surface area contributed by atoms with Crippen molar-refractivity contribution < 1.29 is 23.9 Å². The third kappa shape index (κ3) is 5.09. The van der Waals surface area contributed by atoms with Gasteiger partial charge in [-0.05, 0) is 39.3 Å². The van der Waals surface area contributed by atoms with Gasteiger partial charge < -0.3 is 14.3 Å². The summed E-state index contributed by atoms with van der Waals surface area (Å²) < 4.78 is 10.2. The Bertz CT molecular complexity index is 577. The standard InChI is InChI=1S/C17H23NO5/c1-6-22-15(20)13(11-19)12-9-7-8-10-14(12)18(5)16(21)23-17(2,3)4/h7-11,13H,6H2,1-5H3. The molecule has 6 nitrogen and oxygen atoms in total. The van der Waals surface area contributed by atoms with Crippen molar-refractivity contribution in [3.8, 4) is 0 Å². The fourth-order valence-electron chi connectivity index (χ4n) is 1.97. The lowest BCUT2D eigenvalue weighted by atomic mass is 9.98. The molecule has 1 atom stereocenters. The van der Waals surface area contributed by atoms with Crippen LogP contribution in [0.25, 0.3) is 0 Å². The monoisotopic (exact) mass is 321 g/mol. The topological polar surface area (TPSA) is 72.9 Å². The van der Waals surface area contributed by atoms with Gasteiger partial charge in [0.25, 0.3) is 0 Å². The Labute approximate surface area is 136 Å². The molecule has 0 aliphatic heterocycles. The van der Waals surface area contributed by atoms with Gasteiger partial charge >= 0.3 is 12.1 Å². The summed E-state index contributed by atoms with van der Waals surface area (Å²) in [5.41, 5.74) is 0.173. The van der Waals surface area contributed by atoms with Gasteiger partial charge in [-0.25, -0.2) is 4.79 Å². The summed E-state index contributed by atoms with van der Waals surface area (Å²) in [6.07, 6.45) is -0.0572. The molecule has 23 heavy (non-hydrogen) atoms. The normalized spacial score (nSPS) is 12.2. The van der Waals surface area contributed by atoms with E-state index in [2.05, 4.69) is 0 Å². The van der Waals surface area contributed by atoms with Gasteiger partial charge in [0.05, 0.1) is 12.3 Å². The summed E-state index contributed by atoms with van der Waals surface area (Å²) in [4.78, 5) is 36.8. The summed E-state index contributed by atoms with van der Waals surface area (Å²) in [6, 6.07) is 6.67. The van der Waals surface area contributed by atoms with Gasteiger partial charge in [0.2, 0.25) is 0 Å². The van der Waals surface area contributed by atoms with Crippen molar-refractivity contribution in [1.82, 2.24) is 0 Å². The minimum atomic E-state index is -1.09. The van der Waals surface area contributed by atoms with E-state index < -0.39 is 23.6 Å². The van der Waals surface area contributed by atoms with E-state index in [-0.39, 0.29) is 6.61 Å². The van der Waals surface area contributed by atoms with E-state index in [4.69, 9.17) is 9.47 Å². The molecule has 1 amide bonds. The van der Waals surface area contributed by atoms with Crippen LogP contribution < -0.4 is 4.90 Å². The predicted molar refractivity (Wildman–Crippen MR) is 86.5 cm³/mol. The van der Waals surface area contributed by atoms with Crippen LogP contribution in [0, 0.1) is 0 Å². The Kier molecular flexibility index (Phi) is 6.30. The van der Waals surface area contributed by atoms with Gasteiger partial charge in [-0.1, -0.05) is 18.2 Å². The smallest absolute Gasteiger partial charge is 0.414 e. The second-order valence-electron chi connectivity index (χ2n) is 5.96. The van der Waals surface area contributed by atoms with Crippen molar-refractivity contribution in [2.75, 3.05) is 18.6 Å². The third-order valence-corrected chi connectivity index (χ3v) is 2.98. The number of rotatable bonds is 5. The van der Waals surface area contributed by atoms with Crippen molar-refractivity contribution in [3.63, 3.8) is 0 Å².